The molecule has 0 aliphatic carbocycles. The molecule has 3 fully saturated rings. The third-order valence-corrected chi connectivity index (χ3v) is 7.97. The highest BCUT2D eigenvalue weighted by molar-refractivity contribution is 5.75. The first-order valence-corrected chi connectivity index (χ1v) is 11.6. The zero-order valence-electron chi connectivity index (χ0n) is 17.9. The summed E-state index contributed by atoms with van der Waals surface area (Å²) in [6.45, 7) is 7.10. The van der Waals surface area contributed by atoms with Crippen LogP contribution in [0.3, 0.4) is 0 Å². The van der Waals surface area contributed by atoms with E-state index in [0.717, 1.165) is 76.6 Å². The van der Waals surface area contributed by atoms with Crippen molar-refractivity contribution in [1.82, 2.24) is 19.6 Å². The Labute approximate surface area is 178 Å². The molecule has 0 spiro atoms. The number of likely N-dealkylation sites (N-methyl/N-ethyl adjacent to an activating group) is 1. The number of benzene rings is 1. The predicted octanol–water partition coefficient (Wildman–Crippen LogP) is 2.17. The van der Waals surface area contributed by atoms with Gasteiger partial charge in [0.2, 0.25) is 6.79 Å². The number of piperazine rings is 1. The van der Waals surface area contributed by atoms with Crippen molar-refractivity contribution in [3.05, 3.63) is 23.3 Å². The highest BCUT2D eigenvalue weighted by atomic mass is 16.7. The zero-order chi connectivity index (χ0) is 20.2. The third kappa shape index (κ3) is 3.05. The predicted molar refractivity (Wildman–Crippen MR) is 113 cm³/mol. The van der Waals surface area contributed by atoms with Gasteiger partial charge in [0.05, 0.1) is 0 Å². The van der Waals surface area contributed by atoms with Gasteiger partial charge in [-0.25, -0.2) is 4.79 Å². The number of fused-ring (bicyclic) bond motifs is 5. The first-order chi connectivity index (χ1) is 14.7. The molecule has 5 aliphatic rings. The Hall–Kier alpha value is -1.99. The lowest BCUT2D eigenvalue weighted by atomic mass is 9.76. The maximum absolute atomic E-state index is 13.5. The van der Waals surface area contributed by atoms with Gasteiger partial charge in [0, 0.05) is 57.9 Å². The molecule has 6 rings (SSSR count). The quantitative estimate of drug-likeness (QED) is 0.654. The van der Waals surface area contributed by atoms with Crippen molar-refractivity contribution in [2.45, 2.75) is 37.8 Å². The molecule has 0 aromatic heterocycles. The first kappa shape index (κ1) is 18.8. The van der Waals surface area contributed by atoms with Gasteiger partial charge in [-0.2, -0.15) is 0 Å². The minimum absolute atomic E-state index is 0.271. The van der Waals surface area contributed by atoms with Gasteiger partial charge in [0.25, 0.3) is 0 Å². The second kappa shape index (κ2) is 7.31. The summed E-state index contributed by atoms with van der Waals surface area (Å²) in [5.41, 5.74) is 2.79. The summed E-state index contributed by atoms with van der Waals surface area (Å²) in [6.07, 6.45) is 4.49. The van der Waals surface area contributed by atoms with Crippen molar-refractivity contribution in [3.63, 3.8) is 0 Å². The van der Waals surface area contributed by atoms with Gasteiger partial charge in [-0.15, -0.1) is 0 Å². The van der Waals surface area contributed by atoms with Crippen molar-refractivity contribution in [2.75, 3.05) is 59.7 Å². The number of rotatable bonds is 0. The number of ether oxygens (including phenoxy) is 2. The van der Waals surface area contributed by atoms with E-state index in [2.05, 4.69) is 38.8 Å². The third-order valence-electron chi connectivity index (χ3n) is 7.97. The summed E-state index contributed by atoms with van der Waals surface area (Å²) < 4.78 is 11.3. The van der Waals surface area contributed by atoms with Crippen LogP contribution in [-0.4, -0.2) is 91.3 Å². The largest absolute Gasteiger partial charge is 0.454 e. The van der Waals surface area contributed by atoms with Gasteiger partial charge >= 0.3 is 6.03 Å². The summed E-state index contributed by atoms with van der Waals surface area (Å²) >= 11 is 0. The van der Waals surface area contributed by atoms with E-state index in [1.165, 1.54) is 17.5 Å². The zero-order valence-corrected chi connectivity index (χ0v) is 17.9. The number of carbonyl (C=O) groups excluding carboxylic acids is 1. The fraction of sp³-hybridized carbons (Fsp3) is 0.696. The lowest BCUT2D eigenvalue weighted by molar-refractivity contribution is -0.00363. The molecule has 3 saturated heterocycles. The highest BCUT2D eigenvalue weighted by Gasteiger charge is 2.45. The maximum atomic E-state index is 13.5. The molecular formula is C23H32N4O3. The van der Waals surface area contributed by atoms with Crippen molar-refractivity contribution < 1.29 is 14.3 Å². The molecule has 3 unspecified atom stereocenters. The molecule has 30 heavy (non-hydrogen) atoms. The molecule has 5 aliphatic heterocycles. The van der Waals surface area contributed by atoms with E-state index in [4.69, 9.17) is 9.47 Å². The van der Waals surface area contributed by atoms with Crippen LogP contribution in [0.5, 0.6) is 11.5 Å². The van der Waals surface area contributed by atoms with E-state index in [0.29, 0.717) is 24.8 Å². The molecule has 1 aromatic carbocycles. The number of hydrogen-bond acceptors (Lipinski definition) is 5. The van der Waals surface area contributed by atoms with Gasteiger partial charge in [-0.05, 0) is 61.9 Å². The summed E-state index contributed by atoms with van der Waals surface area (Å²) in [5.74, 6) is 2.37. The van der Waals surface area contributed by atoms with Gasteiger partial charge < -0.3 is 24.2 Å². The average molecular weight is 413 g/mol. The van der Waals surface area contributed by atoms with Crippen LogP contribution >= 0.6 is 0 Å². The number of likely N-dealkylation sites (tertiary alicyclic amines) is 1. The van der Waals surface area contributed by atoms with Crippen LogP contribution in [0.25, 0.3) is 0 Å². The Morgan fingerprint density at radius 3 is 2.67 bits per heavy atom. The van der Waals surface area contributed by atoms with Crippen LogP contribution in [0, 0.1) is 5.92 Å². The van der Waals surface area contributed by atoms with Crippen LogP contribution in [0.4, 0.5) is 4.79 Å². The van der Waals surface area contributed by atoms with Gasteiger partial charge in [-0.3, -0.25) is 4.90 Å². The van der Waals surface area contributed by atoms with Crippen LogP contribution in [-0.2, 0) is 6.42 Å². The van der Waals surface area contributed by atoms with E-state index in [-0.39, 0.29) is 6.03 Å². The number of carbonyl (C=O) groups is 1. The number of piperidine rings is 2. The molecule has 3 atom stereocenters. The Bertz CT molecular complexity index is 838. The molecule has 0 radical (unpaired) electrons. The van der Waals surface area contributed by atoms with Crippen LogP contribution in [0.15, 0.2) is 12.1 Å². The standard InChI is InChI=1S/C23H32N4O3/c1-24-7-9-25(10-8-24)23(28)27-5-2-3-17-14-26-6-4-16-11-21-22(30-15-29-21)12-18(16)20(26)13-19(17)27/h11-12,17,19-20H,2-10,13-15H2,1H3. The lowest BCUT2D eigenvalue weighted by Crippen LogP contribution is -2.61. The summed E-state index contributed by atoms with van der Waals surface area (Å²) in [6, 6.07) is 5.40. The Kier molecular flexibility index (Phi) is 4.57. The molecule has 0 saturated carbocycles. The van der Waals surface area contributed by atoms with Crippen LogP contribution < -0.4 is 9.47 Å². The van der Waals surface area contributed by atoms with Gasteiger partial charge in [0.1, 0.15) is 0 Å². The average Bonchev–Trinajstić information content (AvgIpc) is 3.23. The fourth-order valence-corrected chi connectivity index (χ4v) is 6.25. The van der Waals surface area contributed by atoms with Crippen molar-refractivity contribution in [3.8, 4) is 11.5 Å². The molecule has 1 aromatic rings. The normalized spacial score (nSPS) is 31.2. The van der Waals surface area contributed by atoms with Crippen molar-refractivity contribution >= 4 is 6.03 Å². The summed E-state index contributed by atoms with van der Waals surface area (Å²) in [4.78, 5) is 22.7. The molecule has 2 amide bonds. The number of hydrogen-bond donors (Lipinski definition) is 0. The SMILES string of the molecule is CN1CCN(C(=O)N2CCCC3CN4CCc5cc6c(cc5C4CC32)OCO6)CC1. The minimum atomic E-state index is 0.271. The Balaban J connectivity index is 1.26. The molecule has 0 N–H and O–H groups in total. The first-order valence-electron chi connectivity index (χ1n) is 11.6. The van der Waals surface area contributed by atoms with E-state index in [1.54, 1.807) is 0 Å². The van der Waals surface area contributed by atoms with E-state index in [1.807, 2.05) is 0 Å². The number of amides is 2. The maximum Gasteiger partial charge on any atom is 0.320 e. The molecule has 5 heterocycles. The highest BCUT2D eigenvalue weighted by Crippen LogP contribution is 2.46. The lowest BCUT2D eigenvalue weighted by Gasteiger charge is -2.53. The molecule has 0 bridgehead atoms. The summed E-state index contributed by atoms with van der Waals surface area (Å²) in [5, 5.41) is 0. The number of urea groups is 1. The van der Waals surface area contributed by atoms with Crippen molar-refractivity contribution in [1.29, 1.82) is 0 Å². The van der Waals surface area contributed by atoms with E-state index in [9.17, 15) is 4.79 Å². The van der Waals surface area contributed by atoms with E-state index >= 15 is 0 Å². The van der Waals surface area contributed by atoms with Gasteiger partial charge in [0.15, 0.2) is 11.5 Å². The molecule has 162 valence electrons. The monoisotopic (exact) mass is 412 g/mol. The van der Waals surface area contributed by atoms with Crippen LogP contribution in [0.1, 0.15) is 36.4 Å². The second-order valence-corrected chi connectivity index (χ2v) is 9.64. The van der Waals surface area contributed by atoms with Gasteiger partial charge in [-0.1, -0.05) is 0 Å². The molecule has 7 nitrogen and oxygen atoms in total. The molecular weight excluding hydrogens is 380 g/mol. The smallest absolute Gasteiger partial charge is 0.320 e. The molecule has 7 heteroatoms. The minimum Gasteiger partial charge on any atom is -0.454 e. The fourth-order valence-electron chi connectivity index (χ4n) is 6.25. The van der Waals surface area contributed by atoms with Crippen LogP contribution in [0.2, 0.25) is 0 Å². The van der Waals surface area contributed by atoms with E-state index < -0.39 is 0 Å². The van der Waals surface area contributed by atoms with Crippen molar-refractivity contribution in [2.24, 2.45) is 5.92 Å². The topological polar surface area (TPSA) is 48.5 Å². The Morgan fingerprint density at radius 1 is 1.03 bits per heavy atom. The second-order valence-electron chi connectivity index (χ2n) is 9.64. The Morgan fingerprint density at radius 2 is 1.83 bits per heavy atom. The summed E-state index contributed by atoms with van der Waals surface area (Å²) in [7, 11) is 2.14. The number of nitrogens with zero attached hydrogens (tertiary/aromatic N) is 4.